The number of hydrogen-bond acceptors (Lipinski definition) is 6. The summed E-state index contributed by atoms with van der Waals surface area (Å²) >= 11 is 0. The fourth-order valence-corrected chi connectivity index (χ4v) is 6.75. The molecule has 10 rings (SSSR count). The largest absolute Gasteiger partial charge is 0.418 e. The predicted molar refractivity (Wildman–Crippen MR) is 198 cm³/mol. The summed E-state index contributed by atoms with van der Waals surface area (Å²) in [5.41, 5.74) is 13.6. The average Bonchev–Trinajstić information content (AvgIpc) is 3.89. The van der Waals surface area contributed by atoms with E-state index in [1.807, 2.05) is 24.3 Å². The van der Waals surface area contributed by atoms with E-state index in [1.165, 1.54) is 16.3 Å². The highest BCUT2D eigenvalue weighted by Gasteiger charge is 2.16. The van der Waals surface area contributed by atoms with Crippen LogP contribution < -0.4 is 0 Å². The highest BCUT2D eigenvalue weighted by molar-refractivity contribution is 6.11. The molecule has 0 aliphatic carbocycles. The molecule has 5 heterocycles. The van der Waals surface area contributed by atoms with E-state index in [2.05, 4.69) is 141 Å². The molecule has 0 N–H and O–H groups in total. The molecule has 0 amide bonds. The highest BCUT2D eigenvalue weighted by atomic mass is 16.4. The van der Waals surface area contributed by atoms with E-state index >= 15 is 0 Å². The minimum absolute atomic E-state index is 0.540. The summed E-state index contributed by atoms with van der Waals surface area (Å²) < 4.78 is 14.2. The van der Waals surface area contributed by atoms with Crippen LogP contribution in [0.1, 0.15) is 5.56 Å². The smallest absolute Gasteiger partial charge is 0.247 e. The SMILES string of the molecule is Cc1ccc(-n2c3ccc(-c4ccc(-c5nc6cccnc6o5)cc4)cc3c3cc(-c4ccc(-c5nc6cccnc6o5)cc4)ccc32)cc1. The summed E-state index contributed by atoms with van der Waals surface area (Å²) in [6.45, 7) is 2.12. The van der Waals surface area contributed by atoms with Crippen LogP contribution >= 0.6 is 0 Å². The molecule has 0 spiro atoms. The van der Waals surface area contributed by atoms with Crippen molar-refractivity contribution in [3.63, 3.8) is 0 Å². The third-order valence-corrected chi connectivity index (χ3v) is 9.32. The molecule has 0 saturated carbocycles. The van der Waals surface area contributed by atoms with Crippen LogP contribution in [0.2, 0.25) is 0 Å². The number of benzene rings is 5. The Morgan fingerprint density at radius 1 is 0.460 bits per heavy atom. The van der Waals surface area contributed by atoms with Gasteiger partial charge in [0, 0.05) is 40.0 Å². The van der Waals surface area contributed by atoms with Crippen molar-refractivity contribution in [2.75, 3.05) is 0 Å². The lowest BCUT2D eigenvalue weighted by atomic mass is 9.99. The standard InChI is InChI=1S/C43H27N5O2/c1-26-6-18-33(19-7-26)48-38-20-16-31(27-8-12-29(13-9-27)40-46-36-4-2-22-44-42(36)49-40)24-34(38)35-25-32(17-21-39(35)48)28-10-14-30(15-11-28)41-47-37-5-3-23-45-43(37)50-41/h2-25H,1H3. The van der Waals surface area contributed by atoms with Gasteiger partial charge in [0.25, 0.3) is 0 Å². The molecule has 7 heteroatoms. The number of pyridine rings is 2. The van der Waals surface area contributed by atoms with Crippen LogP contribution in [-0.2, 0) is 0 Å². The van der Waals surface area contributed by atoms with Crippen LogP contribution in [-0.4, -0.2) is 24.5 Å². The van der Waals surface area contributed by atoms with Crippen LogP contribution in [0.5, 0.6) is 0 Å². The Balaban J connectivity index is 1.07. The molecular weight excluding hydrogens is 619 g/mol. The van der Waals surface area contributed by atoms with Gasteiger partial charge in [0.05, 0.1) is 11.0 Å². The van der Waals surface area contributed by atoms with Gasteiger partial charge in [-0.2, -0.15) is 0 Å². The number of aryl methyl sites for hydroxylation is 1. The molecule has 5 aromatic carbocycles. The Kier molecular flexibility index (Phi) is 6.26. The van der Waals surface area contributed by atoms with Gasteiger partial charge in [-0.3, -0.25) is 0 Å². The topological polar surface area (TPSA) is 82.8 Å². The minimum Gasteiger partial charge on any atom is -0.418 e. The average molecular weight is 646 g/mol. The molecule has 0 radical (unpaired) electrons. The summed E-state index contributed by atoms with van der Waals surface area (Å²) in [7, 11) is 0. The molecule has 7 nitrogen and oxygen atoms in total. The monoisotopic (exact) mass is 645 g/mol. The van der Waals surface area contributed by atoms with Gasteiger partial charge in [0.15, 0.2) is 0 Å². The second kappa shape index (κ2) is 11.1. The molecule has 0 unspecified atom stereocenters. The summed E-state index contributed by atoms with van der Waals surface area (Å²) in [4.78, 5) is 17.8. The first kappa shape index (κ1) is 28.2. The zero-order chi connectivity index (χ0) is 33.2. The van der Waals surface area contributed by atoms with Crippen LogP contribution in [0.15, 0.2) is 155 Å². The van der Waals surface area contributed by atoms with E-state index in [-0.39, 0.29) is 0 Å². The normalized spacial score (nSPS) is 11.7. The molecule has 0 fully saturated rings. The molecule has 0 aliphatic heterocycles. The molecule has 0 saturated heterocycles. The first-order chi connectivity index (χ1) is 24.6. The van der Waals surface area contributed by atoms with Crippen molar-refractivity contribution in [2.24, 2.45) is 0 Å². The second-order valence-electron chi connectivity index (χ2n) is 12.5. The van der Waals surface area contributed by atoms with Crippen LogP contribution in [0, 0.1) is 6.92 Å². The fourth-order valence-electron chi connectivity index (χ4n) is 6.75. The number of rotatable bonds is 5. The first-order valence-electron chi connectivity index (χ1n) is 16.4. The number of hydrogen-bond donors (Lipinski definition) is 0. The summed E-state index contributed by atoms with van der Waals surface area (Å²) in [6, 6.07) is 46.4. The number of fused-ring (bicyclic) bond motifs is 5. The minimum atomic E-state index is 0.540. The Morgan fingerprint density at radius 3 is 1.36 bits per heavy atom. The maximum atomic E-state index is 5.91. The lowest BCUT2D eigenvalue weighted by molar-refractivity contribution is 0.607. The third kappa shape index (κ3) is 4.67. The Bertz CT molecular complexity index is 2620. The maximum Gasteiger partial charge on any atom is 0.247 e. The lowest BCUT2D eigenvalue weighted by Gasteiger charge is -2.09. The van der Waals surface area contributed by atoms with E-state index in [9.17, 15) is 0 Å². The quantitative estimate of drug-likeness (QED) is 0.185. The van der Waals surface area contributed by atoms with E-state index in [0.717, 1.165) is 61.1 Å². The lowest BCUT2D eigenvalue weighted by Crippen LogP contribution is -1.93. The highest BCUT2D eigenvalue weighted by Crippen LogP contribution is 2.38. The van der Waals surface area contributed by atoms with E-state index < -0.39 is 0 Å². The first-order valence-corrected chi connectivity index (χ1v) is 16.4. The van der Waals surface area contributed by atoms with Crippen molar-refractivity contribution in [2.45, 2.75) is 6.92 Å². The van der Waals surface area contributed by atoms with Crippen LogP contribution in [0.4, 0.5) is 0 Å². The van der Waals surface area contributed by atoms with Gasteiger partial charge in [0.1, 0.15) is 11.0 Å². The Labute approximate surface area is 286 Å². The number of nitrogens with zero attached hydrogens (tertiary/aromatic N) is 5. The predicted octanol–water partition coefficient (Wildman–Crippen LogP) is 10.8. The van der Waals surface area contributed by atoms with Crippen molar-refractivity contribution in [1.82, 2.24) is 24.5 Å². The van der Waals surface area contributed by atoms with Gasteiger partial charge in [-0.05, 0) is 114 Å². The molecule has 5 aromatic heterocycles. The summed E-state index contributed by atoms with van der Waals surface area (Å²) in [5, 5.41) is 2.37. The van der Waals surface area contributed by atoms with Crippen LogP contribution in [0.3, 0.4) is 0 Å². The molecular formula is C43H27N5O2. The Hall–Kier alpha value is -6.86. The molecule has 236 valence electrons. The third-order valence-electron chi connectivity index (χ3n) is 9.32. The van der Waals surface area contributed by atoms with Gasteiger partial charge < -0.3 is 13.4 Å². The van der Waals surface area contributed by atoms with Crippen LogP contribution in [0.25, 0.3) is 95.1 Å². The zero-order valence-electron chi connectivity index (χ0n) is 26.9. The number of aromatic nitrogens is 5. The molecule has 10 aromatic rings. The fraction of sp³-hybridized carbons (Fsp3) is 0.0233. The van der Waals surface area contributed by atoms with E-state index in [0.29, 0.717) is 23.2 Å². The number of oxazole rings is 2. The molecule has 50 heavy (non-hydrogen) atoms. The maximum absolute atomic E-state index is 5.91. The van der Waals surface area contributed by atoms with Crippen molar-refractivity contribution in [3.8, 4) is 50.8 Å². The van der Waals surface area contributed by atoms with E-state index in [4.69, 9.17) is 8.83 Å². The zero-order valence-corrected chi connectivity index (χ0v) is 26.9. The van der Waals surface area contributed by atoms with Crippen molar-refractivity contribution >= 4 is 44.3 Å². The van der Waals surface area contributed by atoms with Gasteiger partial charge >= 0.3 is 0 Å². The molecule has 0 aliphatic rings. The van der Waals surface area contributed by atoms with Crippen molar-refractivity contribution in [1.29, 1.82) is 0 Å². The Morgan fingerprint density at radius 2 is 0.900 bits per heavy atom. The van der Waals surface area contributed by atoms with Gasteiger partial charge in [-0.25, -0.2) is 19.9 Å². The molecule has 0 atom stereocenters. The van der Waals surface area contributed by atoms with Crippen molar-refractivity contribution < 1.29 is 8.83 Å². The van der Waals surface area contributed by atoms with E-state index in [1.54, 1.807) is 12.4 Å². The second-order valence-corrected chi connectivity index (χ2v) is 12.5. The summed E-state index contributed by atoms with van der Waals surface area (Å²) in [5.74, 6) is 1.13. The summed E-state index contributed by atoms with van der Waals surface area (Å²) in [6.07, 6.45) is 3.43. The molecule has 0 bridgehead atoms. The van der Waals surface area contributed by atoms with Crippen molar-refractivity contribution in [3.05, 3.63) is 151 Å². The van der Waals surface area contributed by atoms with Gasteiger partial charge in [-0.1, -0.05) is 54.1 Å². The van der Waals surface area contributed by atoms with Gasteiger partial charge in [0.2, 0.25) is 23.2 Å². The van der Waals surface area contributed by atoms with Gasteiger partial charge in [-0.15, -0.1) is 0 Å².